The summed E-state index contributed by atoms with van der Waals surface area (Å²) in [5, 5.41) is 0. The van der Waals surface area contributed by atoms with Gasteiger partial charge in [-0.3, -0.25) is 0 Å². The Morgan fingerprint density at radius 2 is 1.83 bits per heavy atom. The second kappa shape index (κ2) is 3.97. The third-order valence-corrected chi connectivity index (χ3v) is 1.80. The number of rotatable bonds is 3. The van der Waals surface area contributed by atoms with Gasteiger partial charge in [0, 0.05) is 24.0 Å². The molecular weight excluding hydrogens is 152 g/mol. The molecule has 0 aliphatic carbocycles. The molecule has 0 bridgehead atoms. The van der Waals surface area contributed by atoms with E-state index < -0.39 is 0 Å². The number of nitrogens with two attached hydrogens (primary N) is 2. The second-order valence-electron chi connectivity index (χ2n) is 2.66. The maximum atomic E-state index is 5.73. The summed E-state index contributed by atoms with van der Waals surface area (Å²) >= 11 is 0. The molecular formula is C9H14N2O. The summed E-state index contributed by atoms with van der Waals surface area (Å²) in [7, 11) is 1.66. The number of ether oxygens (including phenoxy) is 1. The van der Waals surface area contributed by atoms with Crippen molar-refractivity contribution in [1.29, 1.82) is 0 Å². The predicted molar refractivity (Wildman–Crippen MR) is 50.8 cm³/mol. The number of nitrogen functional groups attached to an aromatic ring is 2. The van der Waals surface area contributed by atoms with Gasteiger partial charge in [0.05, 0.1) is 6.61 Å². The minimum atomic E-state index is 0.651. The van der Waals surface area contributed by atoms with Gasteiger partial charge in [0.15, 0.2) is 0 Å². The Balaban J connectivity index is 2.81. The minimum Gasteiger partial charge on any atom is -0.398 e. The van der Waals surface area contributed by atoms with Crippen LogP contribution >= 0.6 is 0 Å². The molecule has 4 N–H and O–H groups in total. The lowest BCUT2D eigenvalue weighted by Gasteiger charge is -2.07. The van der Waals surface area contributed by atoms with Crippen LogP contribution in [0.15, 0.2) is 18.2 Å². The van der Waals surface area contributed by atoms with Crippen molar-refractivity contribution in [3.8, 4) is 0 Å². The van der Waals surface area contributed by atoms with E-state index in [-0.39, 0.29) is 0 Å². The number of hydrogen-bond donors (Lipinski definition) is 2. The highest BCUT2D eigenvalue weighted by Crippen LogP contribution is 2.19. The summed E-state index contributed by atoms with van der Waals surface area (Å²) in [6.07, 6.45) is 0.773. The predicted octanol–water partition coefficient (Wildman–Crippen LogP) is 1.04. The van der Waals surface area contributed by atoms with E-state index in [1.54, 1.807) is 7.11 Å². The molecule has 3 heteroatoms. The average Bonchev–Trinajstić information content (AvgIpc) is 2.04. The van der Waals surface area contributed by atoms with Crippen LogP contribution in [0, 0.1) is 0 Å². The third-order valence-electron chi connectivity index (χ3n) is 1.80. The van der Waals surface area contributed by atoms with Crippen LogP contribution in [0.5, 0.6) is 0 Å². The Hall–Kier alpha value is -1.22. The zero-order chi connectivity index (χ0) is 8.97. The fraction of sp³-hybridized carbons (Fsp3) is 0.333. The lowest BCUT2D eigenvalue weighted by Crippen LogP contribution is -2.03. The highest BCUT2D eigenvalue weighted by molar-refractivity contribution is 5.61. The SMILES string of the molecule is COCCc1c(N)cccc1N. The molecule has 0 spiro atoms. The van der Waals surface area contributed by atoms with Gasteiger partial charge in [-0.1, -0.05) is 6.07 Å². The molecule has 0 amide bonds. The maximum absolute atomic E-state index is 5.73. The first-order valence-electron chi connectivity index (χ1n) is 3.87. The monoisotopic (exact) mass is 166 g/mol. The Bertz CT molecular complexity index is 240. The van der Waals surface area contributed by atoms with Crippen LogP contribution in [0.25, 0.3) is 0 Å². The van der Waals surface area contributed by atoms with Crippen LogP contribution in [0.3, 0.4) is 0 Å². The van der Waals surface area contributed by atoms with E-state index in [1.165, 1.54) is 0 Å². The van der Waals surface area contributed by atoms with Crippen molar-refractivity contribution in [3.63, 3.8) is 0 Å². The van der Waals surface area contributed by atoms with Crippen molar-refractivity contribution in [3.05, 3.63) is 23.8 Å². The fourth-order valence-electron chi connectivity index (χ4n) is 1.12. The molecule has 0 saturated heterocycles. The van der Waals surface area contributed by atoms with Gasteiger partial charge in [0.1, 0.15) is 0 Å². The number of benzene rings is 1. The van der Waals surface area contributed by atoms with Gasteiger partial charge in [-0.15, -0.1) is 0 Å². The molecule has 3 nitrogen and oxygen atoms in total. The van der Waals surface area contributed by atoms with Crippen LogP contribution in [-0.2, 0) is 11.2 Å². The first-order chi connectivity index (χ1) is 5.75. The summed E-state index contributed by atoms with van der Waals surface area (Å²) < 4.78 is 4.94. The Morgan fingerprint density at radius 1 is 1.25 bits per heavy atom. The molecule has 0 radical (unpaired) electrons. The van der Waals surface area contributed by atoms with Crippen molar-refractivity contribution in [2.24, 2.45) is 0 Å². The number of methoxy groups -OCH3 is 1. The van der Waals surface area contributed by atoms with E-state index in [0.29, 0.717) is 6.61 Å². The molecule has 0 atom stereocenters. The van der Waals surface area contributed by atoms with Crippen molar-refractivity contribution >= 4 is 11.4 Å². The molecule has 0 aliphatic heterocycles. The summed E-state index contributed by atoms with van der Waals surface area (Å²) in [6.45, 7) is 0.651. The molecule has 1 rings (SSSR count). The molecule has 0 saturated carbocycles. The summed E-state index contributed by atoms with van der Waals surface area (Å²) in [4.78, 5) is 0. The Kier molecular flexibility index (Phi) is 2.94. The van der Waals surface area contributed by atoms with Gasteiger partial charge in [0.25, 0.3) is 0 Å². The Morgan fingerprint density at radius 3 is 2.33 bits per heavy atom. The van der Waals surface area contributed by atoms with E-state index in [2.05, 4.69) is 0 Å². The van der Waals surface area contributed by atoms with E-state index in [1.807, 2.05) is 18.2 Å². The number of anilines is 2. The van der Waals surface area contributed by atoms with Crippen LogP contribution < -0.4 is 11.5 Å². The van der Waals surface area contributed by atoms with Gasteiger partial charge in [0.2, 0.25) is 0 Å². The van der Waals surface area contributed by atoms with E-state index >= 15 is 0 Å². The lowest BCUT2D eigenvalue weighted by molar-refractivity contribution is 0.202. The van der Waals surface area contributed by atoms with Crippen LogP contribution in [0.4, 0.5) is 11.4 Å². The van der Waals surface area contributed by atoms with Crippen LogP contribution in [-0.4, -0.2) is 13.7 Å². The molecule has 0 heterocycles. The number of hydrogen-bond acceptors (Lipinski definition) is 3. The zero-order valence-electron chi connectivity index (χ0n) is 7.21. The summed E-state index contributed by atoms with van der Waals surface area (Å²) in [5.74, 6) is 0. The molecule has 0 aromatic heterocycles. The standard InChI is InChI=1S/C9H14N2O/c1-12-6-5-7-8(10)3-2-4-9(7)11/h2-4H,5-6,10-11H2,1H3. The van der Waals surface area contributed by atoms with E-state index in [0.717, 1.165) is 23.4 Å². The van der Waals surface area contributed by atoms with Crippen molar-refractivity contribution in [2.75, 3.05) is 25.2 Å². The van der Waals surface area contributed by atoms with Crippen molar-refractivity contribution in [2.45, 2.75) is 6.42 Å². The first kappa shape index (κ1) is 8.87. The Labute approximate surface area is 72.3 Å². The van der Waals surface area contributed by atoms with Crippen molar-refractivity contribution < 1.29 is 4.74 Å². The summed E-state index contributed by atoms with van der Waals surface area (Å²) in [6, 6.07) is 5.55. The quantitative estimate of drug-likeness (QED) is 0.659. The normalized spacial score (nSPS) is 10.1. The lowest BCUT2D eigenvalue weighted by atomic mass is 10.1. The molecule has 66 valence electrons. The van der Waals surface area contributed by atoms with Gasteiger partial charge >= 0.3 is 0 Å². The highest BCUT2D eigenvalue weighted by atomic mass is 16.5. The fourth-order valence-corrected chi connectivity index (χ4v) is 1.12. The van der Waals surface area contributed by atoms with Crippen molar-refractivity contribution in [1.82, 2.24) is 0 Å². The molecule has 1 aromatic carbocycles. The minimum absolute atomic E-state index is 0.651. The van der Waals surface area contributed by atoms with Gasteiger partial charge in [-0.2, -0.15) is 0 Å². The molecule has 0 aliphatic rings. The zero-order valence-corrected chi connectivity index (χ0v) is 7.21. The van der Waals surface area contributed by atoms with Gasteiger partial charge in [-0.25, -0.2) is 0 Å². The molecule has 1 aromatic rings. The van der Waals surface area contributed by atoms with Gasteiger partial charge in [-0.05, 0) is 18.6 Å². The largest absolute Gasteiger partial charge is 0.398 e. The van der Waals surface area contributed by atoms with Crippen LogP contribution in [0.2, 0.25) is 0 Å². The third kappa shape index (κ3) is 1.89. The van der Waals surface area contributed by atoms with E-state index in [4.69, 9.17) is 16.2 Å². The first-order valence-corrected chi connectivity index (χ1v) is 3.87. The molecule has 0 unspecified atom stereocenters. The van der Waals surface area contributed by atoms with Crippen LogP contribution in [0.1, 0.15) is 5.56 Å². The summed E-state index contributed by atoms with van der Waals surface area (Å²) in [5.41, 5.74) is 13.9. The average molecular weight is 166 g/mol. The molecule has 0 fully saturated rings. The topological polar surface area (TPSA) is 61.3 Å². The second-order valence-corrected chi connectivity index (χ2v) is 2.66. The van der Waals surface area contributed by atoms with Gasteiger partial charge < -0.3 is 16.2 Å². The highest BCUT2D eigenvalue weighted by Gasteiger charge is 2.01. The smallest absolute Gasteiger partial charge is 0.0504 e. The van der Waals surface area contributed by atoms with E-state index in [9.17, 15) is 0 Å². The molecule has 12 heavy (non-hydrogen) atoms. The maximum Gasteiger partial charge on any atom is 0.0504 e.